The lowest BCUT2D eigenvalue weighted by Crippen LogP contribution is -2.25. The van der Waals surface area contributed by atoms with Gasteiger partial charge in [-0.2, -0.15) is 20.1 Å². The van der Waals surface area contributed by atoms with E-state index in [1.807, 2.05) is 5.38 Å². The summed E-state index contributed by atoms with van der Waals surface area (Å²) in [6.45, 7) is 3.81. The van der Waals surface area contributed by atoms with Crippen LogP contribution in [-0.2, 0) is 0 Å². The van der Waals surface area contributed by atoms with Crippen molar-refractivity contribution in [2.45, 2.75) is 25.7 Å². The number of nitrogens with one attached hydrogen (secondary N) is 1. The monoisotopic (exact) mass is 493 g/mol. The number of carbonyl (C=O) groups excluding carboxylic acids is 1. The molecule has 5 rings (SSSR count). The van der Waals surface area contributed by atoms with Crippen LogP contribution in [0.5, 0.6) is 11.5 Å². The van der Waals surface area contributed by atoms with Crippen LogP contribution in [0.4, 0.5) is 17.8 Å². The van der Waals surface area contributed by atoms with Gasteiger partial charge in [-0.3, -0.25) is 0 Å². The van der Waals surface area contributed by atoms with Crippen LogP contribution in [0.2, 0.25) is 0 Å². The molecule has 4 heterocycles. The number of anilines is 3. The van der Waals surface area contributed by atoms with Gasteiger partial charge >= 0.3 is 5.97 Å². The molecule has 0 saturated carbocycles. The van der Waals surface area contributed by atoms with Crippen molar-refractivity contribution in [1.82, 2.24) is 15.0 Å². The molecule has 0 atom stereocenters. The molecular formula is C24H27N7O3S. The molecule has 0 unspecified atom stereocenters. The van der Waals surface area contributed by atoms with Gasteiger partial charge in [0.1, 0.15) is 4.88 Å². The number of nitrogens with zero attached hydrogens (tertiary/aromatic N) is 6. The second-order valence-electron chi connectivity index (χ2n) is 8.29. The third kappa shape index (κ3) is 5.51. The summed E-state index contributed by atoms with van der Waals surface area (Å²) in [7, 11) is 1.53. The number of hydrazone groups is 1. The van der Waals surface area contributed by atoms with Crippen LogP contribution in [-0.4, -0.2) is 60.4 Å². The van der Waals surface area contributed by atoms with Gasteiger partial charge in [0.2, 0.25) is 17.8 Å². The Morgan fingerprint density at radius 1 is 1.00 bits per heavy atom. The minimum Gasteiger partial charge on any atom is -0.493 e. The van der Waals surface area contributed by atoms with Gasteiger partial charge in [-0.05, 0) is 60.9 Å². The van der Waals surface area contributed by atoms with E-state index in [2.05, 4.69) is 30.3 Å². The number of rotatable bonds is 8. The normalized spacial score (nSPS) is 15.7. The summed E-state index contributed by atoms with van der Waals surface area (Å²) in [6, 6.07) is 8.76. The van der Waals surface area contributed by atoms with Gasteiger partial charge in [0.15, 0.2) is 11.5 Å². The van der Waals surface area contributed by atoms with Gasteiger partial charge in [0, 0.05) is 26.2 Å². The van der Waals surface area contributed by atoms with E-state index in [4.69, 9.17) is 14.5 Å². The molecule has 0 aliphatic carbocycles. The molecule has 2 aromatic heterocycles. The van der Waals surface area contributed by atoms with E-state index in [-0.39, 0.29) is 0 Å². The first kappa shape index (κ1) is 23.0. The van der Waals surface area contributed by atoms with E-state index in [1.165, 1.54) is 18.4 Å². The van der Waals surface area contributed by atoms with E-state index < -0.39 is 5.97 Å². The van der Waals surface area contributed by atoms with E-state index >= 15 is 0 Å². The maximum absolute atomic E-state index is 12.3. The number of hydrogen-bond acceptors (Lipinski definition) is 11. The summed E-state index contributed by atoms with van der Waals surface area (Å²) in [4.78, 5) is 31.1. The Hall–Kier alpha value is -3.73. The van der Waals surface area contributed by atoms with E-state index in [9.17, 15) is 4.79 Å². The molecule has 2 saturated heterocycles. The van der Waals surface area contributed by atoms with Crippen molar-refractivity contribution in [3.05, 3.63) is 46.2 Å². The summed E-state index contributed by atoms with van der Waals surface area (Å²) in [5.41, 5.74) is 3.72. The molecule has 11 heteroatoms. The third-order valence-corrected chi connectivity index (χ3v) is 6.73. The second kappa shape index (κ2) is 10.7. The summed E-state index contributed by atoms with van der Waals surface area (Å²) in [5.74, 6) is 2.16. The molecule has 35 heavy (non-hydrogen) atoms. The van der Waals surface area contributed by atoms with E-state index in [0.29, 0.717) is 34.2 Å². The Balaban J connectivity index is 1.30. The highest BCUT2D eigenvalue weighted by Crippen LogP contribution is 2.29. The molecule has 1 aromatic carbocycles. The van der Waals surface area contributed by atoms with Crippen molar-refractivity contribution in [3.8, 4) is 11.5 Å². The van der Waals surface area contributed by atoms with Gasteiger partial charge in [-0.25, -0.2) is 10.2 Å². The summed E-state index contributed by atoms with van der Waals surface area (Å²) >= 11 is 1.33. The predicted octanol–water partition coefficient (Wildman–Crippen LogP) is 3.81. The van der Waals surface area contributed by atoms with Crippen LogP contribution in [0, 0.1) is 0 Å². The zero-order valence-corrected chi connectivity index (χ0v) is 20.3. The number of hydrogen-bond donors (Lipinski definition) is 1. The number of thiophene rings is 1. The molecular weight excluding hydrogens is 466 g/mol. The standard InChI is InChI=1S/C24H27N7O3S/c1-33-19-15-17(8-9-18(19)34-21(32)20-7-6-14-35-20)16-25-29-22-26-23(30-10-2-3-11-30)28-24(27-22)31-12-4-5-13-31/h6-9,14-16H,2-5,10-13H2,1H3,(H,26,27,28,29)/b25-16+. The van der Waals surface area contributed by atoms with Gasteiger partial charge in [-0.1, -0.05) is 6.07 Å². The number of ether oxygens (including phenoxy) is 2. The van der Waals surface area contributed by atoms with Crippen LogP contribution >= 0.6 is 11.3 Å². The molecule has 0 bridgehead atoms. The van der Waals surface area contributed by atoms with Crippen molar-refractivity contribution >= 4 is 41.4 Å². The number of carbonyl (C=O) groups is 1. The summed E-state index contributed by atoms with van der Waals surface area (Å²) in [6.07, 6.45) is 6.22. The number of aromatic nitrogens is 3. The van der Waals surface area contributed by atoms with Gasteiger partial charge in [0.25, 0.3) is 0 Å². The highest BCUT2D eigenvalue weighted by molar-refractivity contribution is 7.12. The summed E-state index contributed by atoms with van der Waals surface area (Å²) < 4.78 is 10.9. The van der Waals surface area contributed by atoms with Crippen LogP contribution in [0.3, 0.4) is 0 Å². The quantitative estimate of drug-likeness (QED) is 0.217. The van der Waals surface area contributed by atoms with Crippen LogP contribution in [0.15, 0.2) is 40.8 Å². The fourth-order valence-corrected chi connectivity index (χ4v) is 4.68. The minimum absolute atomic E-state index is 0.346. The highest BCUT2D eigenvalue weighted by Gasteiger charge is 2.21. The van der Waals surface area contributed by atoms with Crippen molar-refractivity contribution in [1.29, 1.82) is 0 Å². The first-order valence-electron chi connectivity index (χ1n) is 11.7. The Morgan fingerprint density at radius 3 is 2.29 bits per heavy atom. The van der Waals surface area contributed by atoms with Crippen molar-refractivity contribution in [3.63, 3.8) is 0 Å². The van der Waals surface area contributed by atoms with Gasteiger partial charge in [-0.15, -0.1) is 11.3 Å². The Kier molecular flexibility index (Phi) is 7.03. The Bertz CT molecular complexity index is 1160. The molecule has 2 aliphatic heterocycles. The molecule has 10 nitrogen and oxygen atoms in total. The van der Waals surface area contributed by atoms with Crippen molar-refractivity contribution < 1.29 is 14.3 Å². The molecule has 2 fully saturated rings. The largest absolute Gasteiger partial charge is 0.493 e. The van der Waals surface area contributed by atoms with Gasteiger partial charge < -0.3 is 19.3 Å². The lowest BCUT2D eigenvalue weighted by Gasteiger charge is -2.20. The third-order valence-electron chi connectivity index (χ3n) is 5.88. The average molecular weight is 494 g/mol. The van der Waals surface area contributed by atoms with Crippen LogP contribution in [0.1, 0.15) is 40.9 Å². The lowest BCUT2D eigenvalue weighted by atomic mass is 10.2. The van der Waals surface area contributed by atoms with E-state index in [0.717, 1.165) is 57.4 Å². The fraction of sp³-hybridized carbons (Fsp3) is 0.375. The number of esters is 1. The topological polar surface area (TPSA) is 105 Å². The lowest BCUT2D eigenvalue weighted by molar-refractivity contribution is 0.0735. The first-order chi connectivity index (χ1) is 17.2. The Labute approximate surface area is 207 Å². The molecule has 3 aromatic rings. The van der Waals surface area contributed by atoms with Crippen LogP contribution < -0.4 is 24.7 Å². The fourth-order valence-electron chi connectivity index (χ4n) is 4.08. The zero-order chi connectivity index (χ0) is 24.0. The maximum Gasteiger partial charge on any atom is 0.353 e. The maximum atomic E-state index is 12.3. The van der Waals surface area contributed by atoms with E-state index in [1.54, 1.807) is 36.5 Å². The smallest absolute Gasteiger partial charge is 0.353 e. The molecule has 0 spiro atoms. The zero-order valence-electron chi connectivity index (χ0n) is 19.5. The molecule has 0 amide bonds. The predicted molar refractivity (Wildman–Crippen MR) is 136 cm³/mol. The summed E-state index contributed by atoms with van der Waals surface area (Å²) in [5, 5.41) is 6.16. The SMILES string of the molecule is COc1cc(/C=N/Nc2nc(N3CCCC3)nc(N3CCCC3)n2)ccc1OC(=O)c1cccs1. The number of methoxy groups -OCH3 is 1. The average Bonchev–Trinajstić information content (AvgIpc) is 3.67. The minimum atomic E-state index is -0.418. The number of benzene rings is 1. The highest BCUT2D eigenvalue weighted by atomic mass is 32.1. The Morgan fingerprint density at radius 2 is 1.69 bits per heavy atom. The van der Waals surface area contributed by atoms with Gasteiger partial charge in [0.05, 0.1) is 13.3 Å². The van der Waals surface area contributed by atoms with Crippen LogP contribution in [0.25, 0.3) is 0 Å². The molecule has 0 radical (unpaired) electrons. The van der Waals surface area contributed by atoms with Crippen molar-refractivity contribution in [2.75, 3.05) is 48.5 Å². The first-order valence-corrected chi connectivity index (χ1v) is 12.6. The second-order valence-corrected chi connectivity index (χ2v) is 9.24. The molecule has 182 valence electrons. The van der Waals surface area contributed by atoms with Crippen molar-refractivity contribution in [2.24, 2.45) is 5.10 Å². The molecule has 2 aliphatic rings. The molecule has 1 N–H and O–H groups in total.